The fourth-order valence-corrected chi connectivity index (χ4v) is 5.18. The van der Waals surface area contributed by atoms with Gasteiger partial charge in [0.2, 0.25) is 11.7 Å². The summed E-state index contributed by atoms with van der Waals surface area (Å²) in [6, 6.07) is 15.6. The van der Waals surface area contributed by atoms with Crippen LogP contribution in [-0.2, 0) is 17.6 Å². The normalized spacial score (nSPS) is 17.9. The number of hydrogen-bond acceptors (Lipinski definition) is 6. The van der Waals surface area contributed by atoms with Gasteiger partial charge in [-0.15, -0.1) is 0 Å². The Morgan fingerprint density at radius 1 is 0.976 bits per heavy atom. The number of fused-ring (bicyclic) bond motifs is 1. The van der Waals surface area contributed by atoms with E-state index in [0.717, 1.165) is 11.3 Å². The topological polar surface area (TPSA) is 96.2 Å². The third-order valence-corrected chi connectivity index (χ3v) is 7.80. The summed E-state index contributed by atoms with van der Waals surface area (Å²) in [6.45, 7) is 3.85. The molecule has 0 bridgehead atoms. The molecule has 0 radical (unpaired) electrons. The molecule has 10 heteroatoms. The first-order valence-corrected chi connectivity index (χ1v) is 14.9. The van der Waals surface area contributed by atoms with Crippen LogP contribution in [0.1, 0.15) is 64.8 Å². The van der Waals surface area contributed by atoms with Gasteiger partial charge < -0.3 is 24.0 Å². The van der Waals surface area contributed by atoms with Crippen LogP contribution in [0.3, 0.4) is 0 Å². The van der Waals surface area contributed by atoms with Gasteiger partial charge in [-0.1, -0.05) is 54.0 Å². The number of carbonyl (C=O) groups excluding carboxylic acids is 3. The summed E-state index contributed by atoms with van der Waals surface area (Å²) < 4.78 is 11.4. The molecule has 0 saturated carbocycles. The van der Waals surface area contributed by atoms with E-state index in [-0.39, 0.29) is 23.5 Å². The molecule has 4 rings (SSSR count). The first kappa shape index (κ1) is 31.1. The molecular formula is C32H39ClN4O5. The van der Waals surface area contributed by atoms with Gasteiger partial charge >= 0.3 is 0 Å². The van der Waals surface area contributed by atoms with Crippen molar-refractivity contribution in [3.05, 3.63) is 82.2 Å². The number of carbonyl (C=O) groups is 3. The Bertz CT molecular complexity index is 1360. The molecule has 3 aromatic rings. The van der Waals surface area contributed by atoms with Gasteiger partial charge in [0.05, 0.1) is 17.9 Å². The molecule has 0 N–H and O–H groups in total. The second kappa shape index (κ2) is 14.9. The first-order chi connectivity index (χ1) is 20.3. The van der Waals surface area contributed by atoms with E-state index in [0.29, 0.717) is 81.1 Å². The molecule has 1 aliphatic heterocycles. The van der Waals surface area contributed by atoms with Crippen molar-refractivity contribution in [2.24, 2.45) is 0 Å². The molecule has 1 aromatic heterocycles. The van der Waals surface area contributed by atoms with Crippen LogP contribution in [0.2, 0.25) is 5.02 Å². The lowest BCUT2D eigenvalue weighted by Crippen LogP contribution is -2.49. The van der Waals surface area contributed by atoms with Crippen LogP contribution >= 0.6 is 11.6 Å². The van der Waals surface area contributed by atoms with E-state index in [1.165, 1.54) is 4.90 Å². The number of halogens is 1. The average Bonchev–Trinajstić information content (AvgIpc) is 3.49. The third-order valence-electron chi connectivity index (χ3n) is 7.56. The summed E-state index contributed by atoms with van der Waals surface area (Å²) >= 11 is 6.29. The van der Waals surface area contributed by atoms with Crippen molar-refractivity contribution in [2.45, 2.75) is 51.5 Å². The smallest absolute Gasteiger partial charge is 0.292 e. The first-order valence-electron chi connectivity index (χ1n) is 14.5. The van der Waals surface area contributed by atoms with Gasteiger partial charge in [0, 0.05) is 51.2 Å². The number of aromatic nitrogens is 1. The quantitative estimate of drug-likeness (QED) is 0.416. The maximum absolute atomic E-state index is 13.8. The molecule has 0 unspecified atom stereocenters. The highest BCUT2D eigenvalue weighted by molar-refractivity contribution is 6.31. The van der Waals surface area contributed by atoms with Crippen LogP contribution in [0.25, 0.3) is 0 Å². The molecule has 0 spiro atoms. The van der Waals surface area contributed by atoms with E-state index < -0.39 is 6.04 Å². The number of amides is 3. The van der Waals surface area contributed by atoms with Crippen LogP contribution in [0.4, 0.5) is 0 Å². The SMILES string of the molecule is CCc1cc(C(=O)N2CCCCOc3ccc(Cl)cc3C(=O)N(C)[C@@H](Cc3ccccc3)C(=O)N(C)CCCC2)on1. The molecule has 0 saturated heterocycles. The molecule has 2 aromatic carbocycles. The lowest BCUT2D eigenvalue weighted by atomic mass is 10.0. The monoisotopic (exact) mass is 594 g/mol. The number of rotatable bonds is 4. The lowest BCUT2D eigenvalue weighted by Gasteiger charge is -2.31. The van der Waals surface area contributed by atoms with E-state index in [1.807, 2.05) is 37.3 Å². The number of nitrogens with zero attached hydrogens (tertiary/aromatic N) is 4. The average molecular weight is 595 g/mol. The Labute approximate surface area is 252 Å². The molecule has 0 fully saturated rings. The van der Waals surface area contributed by atoms with Crippen molar-refractivity contribution < 1.29 is 23.6 Å². The lowest BCUT2D eigenvalue weighted by molar-refractivity contribution is -0.134. The highest BCUT2D eigenvalue weighted by Gasteiger charge is 2.31. The van der Waals surface area contributed by atoms with Gasteiger partial charge in [0.15, 0.2) is 0 Å². The number of benzene rings is 2. The van der Waals surface area contributed by atoms with Crippen molar-refractivity contribution in [1.29, 1.82) is 0 Å². The molecular weight excluding hydrogens is 556 g/mol. The molecule has 224 valence electrons. The number of likely N-dealkylation sites (N-methyl/N-ethyl adjacent to an activating group) is 2. The third kappa shape index (κ3) is 7.91. The molecule has 3 amide bonds. The van der Waals surface area contributed by atoms with Crippen LogP contribution in [0.15, 0.2) is 59.1 Å². The summed E-state index contributed by atoms with van der Waals surface area (Å²) in [5.74, 6) is -0.0560. The van der Waals surface area contributed by atoms with Gasteiger partial charge in [-0.05, 0) is 55.9 Å². The fourth-order valence-electron chi connectivity index (χ4n) is 5.01. The maximum Gasteiger partial charge on any atom is 0.292 e. The predicted molar refractivity (Wildman–Crippen MR) is 161 cm³/mol. The van der Waals surface area contributed by atoms with Gasteiger partial charge in [-0.25, -0.2) is 0 Å². The van der Waals surface area contributed by atoms with Crippen molar-refractivity contribution in [2.75, 3.05) is 40.3 Å². The van der Waals surface area contributed by atoms with E-state index >= 15 is 0 Å². The van der Waals surface area contributed by atoms with E-state index in [9.17, 15) is 14.4 Å². The summed E-state index contributed by atoms with van der Waals surface area (Å²) in [4.78, 5) is 45.8. The fraction of sp³-hybridized carbons (Fsp3) is 0.438. The van der Waals surface area contributed by atoms with Gasteiger partial charge in [-0.2, -0.15) is 0 Å². The second-order valence-corrected chi connectivity index (χ2v) is 11.0. The Hall–Kier alpha value is -3.85. The predicted octanol–water partition coefficient (Wildman–Crippen LogP) is 5.13. The number of aryl methyl sites for hydroxylation is 1. The Balaban J connectivity index is 1.59. The number of ether oxygens (including phenoxy) is 1. The van der Waals surface area contributed by atoms with Gasteiger partial charge in [-0.3, -0.25) is 14.4 Å². The Morgan fingerprint density at radius 2 is 1.69 bits per heavy atom. The van der Waals surface area contributed by atoms with Crippen LogP contribution < -0.4 is 4.74 Å². The van der Waals surface area contributed by atoms with Crippen LogP contribution in [0, 0.1) is 0 Å². The minimum atomic E-state index is -0.732. The zero-order valence-electron chi connectivity index (χ0n) is 24.6. The van der Waals surface area contributed by atoms with Gasteiger partial charge in [0.25, 0.3) is 11.8 Å². The van der Waals surface area contributed by atoms with Crippen molar-refractivity contribution in [1.82, 2.24) is 19.9 Å². The van der Waals surface area contributed by atoms with Crippen molar-refractivity contribution in [3.63, 3.8) is 0 Å². The molecule has 1 aliphatic rings. The zero-order valence-corrected chi connectivity index (χ0v) is 25.3. The second-order valence-electron chi connectivity index (χ2n) is 10.6. The van der Waals surface area contributed by atoms with Crippen LogP contribution in [0.5, 0.6) is 5.75 Å². The number of hydrogen-bond donors (Lipinski definition) is 0. The Morgan fingerprint density at radius 3 is 2.40 bits per heavy atom. The molecule has 1 atom stereocenters. The summed E-state index contributed by atoms with van der Waals surface area (Å²) in [5, 5.41) is 4.38. The van der Waals surface area contributed by atoms with Crippen molar-refractivity contribution >= 4 is 29.3 Å². The highest BCUT2D eigenvalue weighted by Crippen LogP contribution is 2.26. The minimum Gasteiger partial charge on any atom is -0.493 e. The zero-order chi connectivity index (χ0) is 30.1. The van der Waals surface area contributed by atoms with Gasteiger partial charge in [0.1, 0.15) is 11.8 Å². The summed E-state index contributed by atoms with van der Waals surface area (Å²) in [5.41, 5.74) is 1.99. The molecule has 2 heterocycles. The standard InChI is InChI=1S/C32H39ClN4O5/c1-4-25-22-29(42-34-25)32(40)37-17-9-8-16-35(2)31(39)27(20-23-12-6-5-7-13-23)36(3)30(38)26-21-24(33)14-15-28(26)41-19-11-10-18-37/h5-7,12-15,21-22,27H,4,8-11,16-20H2,1-3H3/t27-/m0/s1. The van der Waals surface area contributed by atoms with Crippen molar-refractivity contribution in [3.8, 4) is 5.75 Å². The highest BCUT2D eigenvalue weighted by atomic mass is 35.5. The largest absolute Gasteiger partial charge is 0.493 e. The maximum atomic E-state index is 13.8. The van der Waals surface area contributed by atoms with Crippen LogP contribution in [-0.4, -0.2) is 84.0 Å². The van der Waals surface area contributed by atoms with E-state index in [4.69, 9.17) is 20.9 Å². The van der Waals surface area contributed by atoms with E-state index in [2.05, 4.69) is 5.16 Å². The molecule has 0 aliphatic carbocycles. The Kier molecular flexibility index (Phi) is 11.0. The summed E-state index contributed by atoms with van der Waals surface area (Å²) in [7, 11) is 3.40. The molecule has 9 nitrogen and oxygen atoms in total. The van der Waals surface area contributed by atoms with E-state index in [1.54, 1.807) is 48.2 Å². The molecule has 42 heavy (non-hydrogen) atoms. The minimum absolute atomic E-state index is 0.162. The summed E-state index contributed by atoms with van der Waals surface area (Å²) in [6.07, 6.45) is 3.82.